The van der Waals surface area contributed by atoms with Gasteiger partial charge < -0.3 is 4.79 Å². The summed E-state index contributed by atoms with van der Waals surface area (Å²) in [5, 5.41) is 8.01. The summed E-state index contributed by atoms with van der Waals surface area (Å²) in [6.07, 6.45) is 1.76. The molecule has 3 nitrogen and oxygen atoms in total. The smallest absolute Gasteiger partial charge is 0.147 e. The molecule has 3 heteroatoms. The minimum absolute atomic E-state index is 0.695. The molecule has 0 N–H and O–H groups in total. The standard InChI is InChI=1S/C6H8N2O/c1-6(2,5-9)8-4-3-7/h4-5H,1-2H3. The number of aldehydes is 1. The van der Waals surface area contributed by atoms with Gasteiger partial charge in [-0.25, -0.2) is 0 Å². The highest BCUT2D eigenvalue weighted by atomic mass is 16.1. The van der Waals surface area contributed by atoms with Crippen molar-refractivity contribution >= 4 is 12.5 Å². The molecule has 0 aliphatic carbocycles. The van der Waals surface area contributed by atoms with Crippen LogP contribution < -0.4 is 0 Å². The van der Waals surface area contributed by atoms with Crippen molar-refractivity contribution < 1.29 is 4.79 Å². The first-order chi connectivity index (χ1) is 4.12. The molecule has 0 spiro atoms. The number of nitrogens with zero attached hydrogens (tertiary/aromatic N) is 2. The van der Waals surface area contributed by atoms with Crippen molar-refractivity contribution in [2.45, 2.75) is 19.4 Å². The van der Waals surface area contributed by atoms with Crippen LogP contribution in [0.2, 0.25) is 0 Å². The Kier molecular flexibility index (Phi) is 2.59. The van der Waals surface area contributed by atoms with E-state index in [4.69, 9.17) is 5.26 Å². The number of carbonyl (C=O) groups is 1. The summed E-state index contributed by atoms with van der Waals surface area (Å²) in [6.45, 7) is 3.27. The molecule has 9 heavy (non-hydrogen) atoms. The fourth-order valence-electron chi connectivity index (χ4n) is 0.226. The van der Waals surface area contributed by atoms with Crippen LogP contribution in [0.5, 0.6) is 0 Å². The van der Waals surface area contributed by atoms with Gasteiger partial charge in [-0.1, -0.05) is 0 Å². The summed E-state index contributed by atoms with van der Waals surface area (Å²) in [7, 11) is 0. The molecule has 0 saturated heterocycles. The van der Waals surface area contributed by atoms with Gasteiger partial charge in [0, 0.05) is 0 Å². The molecule has 0 atom stereocenters. The maximum absolute atomic E-state index is 10.1. The molecule has 0 rings (SSSR count). The van der Waals surface area contributed by atoms with Gasteiger partial charge >= 0.3 is 0 Å². The first kappa shape index (κ1) is 7.83. The first-order valence-electron chi connectivity index (χ1n) is 2.52. The summed E-state index contributed by atoms with van der Waals surface area (Å²) in [6, 6.07) is 1.71. The number of hydrogen-bond donors (Lipinski definition) is 0. The van der Waals surface area contributed by atoms with E-state index in [1.807, 2.05) is 0 Å². The second-order valence-electron chi connectivity index (χ2n) is 2.16. The summed E-state index contributed by atoms with van der Waals surface area (Å²) >= 11 is 0. The van der Waals surface area contributed by atoms with Crippen molar-refractivity contribution in [2.75, 3.05) is 0 Å². The van der Waals surface area contributed by atoms with Crippen LogP contribution >= 0.6 is 0 Å². The van der Waals surface area contributed by atoms with Crippen molar-refractivity contribution in [1.82, 2.24) is 0 Å². The summed E-state index contributed by atoms with van der Waals surface area (Å²) in [5.41, 5.74) is -0.740. The average Bonchev–Trinajstić information content (AvgIpc) is 1.84. The second kappa shape index (κ2) is 2.98. The lowest BCUT2D eigenvalue weighted by molar-refractivity contribution is -0.111. The van der Waals surface area contributed by atoms with Gasteiger partial charge in [0.1, 0.15) is 17.9 Å². The van der Waals surface area contributed by atoms with E-state index in [0.717, 1.165) is 6.21 Å². The minimum atomic E-state index is -0.740. The molecule has 0 heterocycles. The fourth-order valence-corrected chi connectivity index (χ4v) is 0.226. The summed E-state index contributed by atoms with van der Waals surface area (Å²) in [4.78, 5) is 13.7. The highest BCUT2D eigenvalue weighted by Gasteiger charge is 2.11. The molecular weight excluding hydrogens is 116 g/mol. The van der Waals surface area contributed by atoms with Gasteiger partial charge in [-0.2, -0.15) is 5.26 Å². The van der Waals surface area contributed by atoms with Gasteiger partial charge in [0.05, 0.1) is 6.21 Å². The Morgan fingerprint density at radius 1 is 1.67 bits per heavy atom. The third-order valence-corrected chi connectivity index (χ3v) is 0.743. The molecule has 0 amide bonds. The Labute approximate surface area is 54.0 Å². The Balaban J connectivity index is 4.04. The van der Waals surface area contributed by atoms with Gasteiger partial charge in [0.25, 0.3) is 0 Å². The quantitative estimate of drug-likeness (QED) is 0.399. The van der Waals surface area contributed by atoms with Gasteiger partial charge in [0.15, 0.2) is 0 Å². The van der Waals surface area contributed by atoms with Crippen molar-refractivity contribution in [1.29, 1.82) is 5.26 Å². The third kappa shape index (κ3) is 3.42. The van der Waals surface area contributed by atoms with E-state index in [1.54, 1.807) is 19.9 Å². The van der Waals surface area contributed by atoms with E-state index in [2.05, 4.69) is 4.99 Å². The van der Waals surface area contributed by atoms with Crippen molar-refractivity contribution in [2.24, 2.45) is 4.99 Å². The van der Waals surface area contributed by atoms with Crippen molar-refractivity contribution in [3.8, 4) is 6.07 Å². The topological polar surface area (TPSA) is 53.2 Å². The molecular formula is C6H8N2O. The molecule has 0 aromatic carbocycles. The molecule has 0 bridgehead atoms. The Bertz CT molecular complexity index is 164. The molecule has 0 aromatic heterocycles. The fraction of sp³-hybridized carbons (Fsp3) is 0.500. The molecule has 0 aliphatic rings. The van der Waals surface area contributed by atoms with Crippen LogP contribution in [0.1, 0.15) is 13.8 Å². The van der Waals surface area contributed by atoms with E-state index in [-0.39, 0.29) is 0 Å². The molecule has 0 unspecified atom stereocenters. The molecule has 0 saturated carbocycles. The monoisotopic (exact) mass is 124 g/mol. The lowest BCUT2D eigenvalue weighted by Gasteiger charge is -2.06. The number of hydrogen-bond acceptors (Lipinski definition) is 3. The van der Waals surface area contributed by atoms with Crippen molar-refractivity contribution in [3.63, 3.8) is 0 Å². The van der Waals surface area contributed by atoms with E-state index in [9.17, 15) is 4.79 Å². The molecule has 48 valence electrons. The van der Waals surface area contributed by atoms with E-state index >= 15 is 0 Å². The van der Waals surface area contributed by atoms with E-state index < -0.39 is 5.54 Å². The van der Waals surface area contributed by atoms with E-state index in [1.165, 1.54) is 0 Å². The lowest BCUT2D eigenvalue weighted by Crippen LogP contribution is -2.17. The van der Waals surface area contributed by atoms with E-state index in [0.29, 0.717) is 6.29 Å². The highest BCUT2D eigenvalue weighted by Crippen LogP contribution is 2.01. The predicted octanol–water partition coefficient (Wildman–Crippen LogP) is 0.558. The Morgan fingerprint density at radius 3 is 2.56 bits per heavy atom. The third-order valence-electron chi connectivity index (χ3n) is 0.743. The van der Waals surface area contributed by atoms with Crippen LogP contribution in [0.25, 0.3) is 0 Å². The molecule has 0 aromatic rings. The summed E-state index contributed by atoms with van der Waals surface area (Å²) in [5.74, 6) is 0. The Hall–Kier alpha value is -1.17. The largest absolute Gasteiger partial charge is 0.301 e. The second-order valence-corrected chi connectivity index (χ2v) is 2.16. The van der Waals surface area contributed by atoms with Gasteiger partial charge in [-0.15, -0.1) is 0 Å². The Morgan fingerprint density at radius 2 is 2.22 bits per heavy atom. The number of carbonyl (C=O) groups excluding carboxylic acids is 1. The predicted molar refractivity (Wildman–Crippen MR) is 34.2 cm³/mol. The van der Waals surface area contributed by atoms with Crippen LogP contribution in [0.15, 0.2) is 4.99 Å². The lowest BCUT2D eigenvalue weighted by atomic mass is 10.1. The zero-order valence-electron chi connectivity index (χ0n) is 5.46. The average molecular weight is 124 g/mol. The maximum atomic E-state index is 10.1. The number of rotatable bonds is 2. The van der Waals surface area contributed by atoms with Crippen LogP contribution in [0.4, 0.5) is 0 Å². The van der Waals surface area contributed by atoms with Gasteiger partial charge in [-0.05, 0) is 13.8 Å². The highest BCUT2D eigenvalue weighted by molar-refractivity contribution is 5.78. The minimum Gasteiger partial charge on any atom is -0.301 e. The van der Waals surface area contributed by atoms with Crippen LogP contribution in [0, 0.1) is 11.3 Å². The first-order valence-corrected chi connectivity index (χ1v) is 2.52. The van der Waals surface area contributed by atoms with Gasteiger partial charge in [-0.3, -0.25) is 4.99 Å². The van der Waals surface area contributed by atoms with Crippen LogP contribution in [-0.4, -0.2) is 18.0 Å². The van der Waals surface area contributed by atoms with Crippen molar-refractivity contribution in [3.05, 3.63) is 0 Å². The van der Waals surface area contributed by atoms with Crippen LogP contribution in [0.3, 0.4) is 0 Å². The molecule has 0 fully saturated rings. The van der Waals surface area contributed by atoms with Crippen LogP contribution in [-0.2, 0) is 4.79 Å². The van der Waals surface area contributed by atoms with Gasteiger partial charge in [0.2, 0.25) is 0 Å². The zero-order valence-corrected chi connectivity index (χ0v) is 5.46. The maximum Gasteiger partial charge on any atom is 0.147 e. The zero-order chi connectivity index (χ0) is 7.33. The number of aliphatic imine (C=N–C) groups is 1. The number of nitriles is 1. The summed E-state index contributed by atoms with van der Waals surface area (Å²) < 4.78 is 0. The SMILES string of the molecule is CC(C)(C=O)N=CC#N. The molecule has 0 radical (unpaired) electrons. The molecule has 0 aliphatic heterocycles. The normalized spacial score (nSPS) is 11.2.